The second kappa shape index (κ2) is 9.13. The molecule has 3 aliphatic heterocycles. The summed E-state index contributed by atoms with van der Waals surface area (Å²) in [5.41, 5.74) is 4.81. The van der Waals surface area contributed by atoms with E-state index in [2.05, 4.69) is 14.7 Å². The Balaban J connectivity index is 1.43. The number of carbonyl (C=O) groups excluding carboxylic acids is 2. The molecule has 1 aromatic heterocycles. The highest BCUT2D eigenvalue weighted by atomic mass is 35.5. The average Bonchev–Trinajstić information content (AvgIpc) is 3.54. The molecule has 10 heteroatoms. The number of likely N-dealkylation sites (tertiary alicyclic amines) is 1. The maximum absolute atomic E-state index is 12.9. The Hall–Kier alpha value is -3.17. The van der Waals surface area contributed by atoms with E-state index in [1.807, 2.05) is 49.9 Å². The highest BCUT2D eigenvalue weighted by Crippen LogP contribution is 2.32. The van der Waals surface area contributed by atoms with Gasteiger partial charge in [0.1, 0.15) is 5.04 Å². The van der Waals surface area contributed by atoms with Crippen molar-refractivity contribution in [1.82, 2.24) is 14.5 Å². The zero-order valence-corrected chi connectivity index (χ0v) is 21.3. The summed E-state index contributed by atoms with van der Waals surface area (Å²) in [4.78, 5) is 31.4. The van der Waals surface area contributed by atoms with E-state index in [1.54, 1.807) is 6.08 Å². The normalized spacial score (nSPS) is 18.9. The third kappa shape index (κ3) is 4.23. The quantitative estimate of drug-likeness (QED) is 0.606. The molecule has 8 nitrogen and oxygen atoms in total. The highest BCUT2D eigenvalue weighted by molar-refractivity contribution is 8.27. The molecular weight excluding hydrogens is 484 g/mol. The summed E-state index contributed by atoms with van der Waals surface area (Å²) in [6.07, 6.45) is 3.89. The molecule has 0 saturated carbocycles. The van der Waals surface area contributed by atoms with Gasteiger partial charge in [-0.2, -0.15) is 15.1 Å². The summed E-state index contributed by atoms with van der Waals surface area (Å²) in [6, 6.07) is 7.75. The van der Waals surface area contributed by atoms with E-state index >= 15 is 0 Å². The molecule has 0 radical (unpaired) electrons. The largest absolute Gasteiger partial charge is 0.342 e. The van der Waals surface area contributed by atoms with Crippen molar-refractivity contribution >= 4 is 57.3 Å². The lowest BCUT2D eigenvalue weighted by Gasteiger charge is -2.20. The molecule has 0 spiro atoms. The third-order valence-corrected chi connectivity index (χ3v) is 7.83. The first-order valence-corrected chi connectivity index (χ1v) is 12.7. The van der Waals surface area contributed by atoms with Gasteiger partial charge >= 0.3 is 0 Å². The van der Waals surface area contributed by atoms with Crippen molar-refractivity contribution in [3.05, 3.63) is 57.4 Å². The standard InChI is InChI=1S/C25H25ClN6O2S/c1-14-11-17(16(3)31(14)20-8-6-7-19(26)15(20)2)12-18-23(27)32-25(28-24(18)34)35-21(29-32)13-22(33)30-9-4-5-10-30/h6-8,11-12,27H,4-5,9-10,13H2,1-3H3/b18-12+,27-23?. The number of rotatable bonds is 4. The Bertz CT molecular complexity index is 1370. The molecule has 4 heterocycles. The molecule has 1 aromatic carbocycles. The van der Waals surface area contributed by atoms with E-state index in [1.165, 1.54) is 16.8 Å². The van der Waals surface area contributed by atoms with E-state index in [-0.39, 0.29) is 23.7 Å². The molecule has 5 rings (SSSR count). The first-order valence-electron chi connectivity index (χ1n) is 11.5. The van der Waals surface area contributed by atoms with Gasteiger partial charge in [-0.3, -0.25) is 15.0 Å². The Morgan fingerprint density at radius 2 is 1.97 bits per heavy atom. The number of aliphatic imine (C=N–C) groups is 1. The van der Waals surface area contributed by atoms with Gasteiger partial charge < -0.3 is 9.47 Å². The van der Waals surface area contributed by atoms with Gasteiger partial charge in [-0.15, -0.1) is 0 Å². The Morgan fingerprint density at radius 3 is 2.71 bits per heavy atom. The molecule has 2 amide bonds. The fraction of sp³-hybridized carbons (Fsp3) is 0.320. The number of hydrazone groups is 1. The zero-order chi connectivity index (χ0) is 24.9. The molecular formula is C25H25ClN6O2S. The second-order valence-corrected chi connectivity index (χ2v) is 10.3. The molecule has 1 N–H and O–H groups in total. The average molecular weight is 509 g/mol. The summed E-state index contributed by atoms with van der Waals surface area (Å²) in [5, 5.41) is 16.0. The summed E-state index contributed by atoms with van der Waals surface area (Å²) in [7, 11) is 0. The van der Waals surface area contributed by atoms with E-state index in [0.717, 1.165) is 54.1 Å². The van der Waals surface area contributed by atoms with Crippen LogP contribution in [0.5, 0.6) is 0 Å². The zero-order valence-electron chi connectivity index (χ0n) is 19.8. The number of fused-ring (bicyclic) bond motifs is 1. The summed E-state index contributed by atoms with van der Waals surface area (Å²) in [5.74, 6) is -0.508. The van der Waals surface area contributed by atoms with Crippen LogP contribution in [0.25, 0.3) is 11.8 Å². The molecule has 0 unspecified atom stereocenters. The summed E-state index contributed by atoms with van der Waals surface area (Å²) < 4.78 is 2.09. The van der Waals surface area contributed by atoms with E-state index < -0.39 is 5.91 Å². The minimum Gasteiger partial charge on any atom is -0.342 e. The van der Waals surface area contributed by atoms with Gasteiger partial charge in [0, 0.05) is 35.2 Å². The first-order chi connectivity index (χ1) is 16.7. The van der Waals surface area contributed by atoms with Crippen LogP contribution < -0.4 is 0 Å². The van der Waals surface area contributed by atoms with Crippen molar-refractivity contribution in [3.63, 3.8) is 0 Å². The maximum atomic E-state index is 12.9. The van der Waals surface area contributed by atoms with Crippen molar-refractivity contribution in [1.29, 1.82) is 5.41 Å². The van der Waals surface area contributed by atoms with Crippen LogP contribution in [0.15, 0.2) is 39.9 Å². The van der Waals surface area contributed by atoms with Crippen molar-refractivity contribution in [3.8, 4) is 5.69 Å². The van der Waals surface area contributed by atoms with Crippen LogP contribution in [-0.4, -0.2) is 55.4 Å². The fourth-order valence-electron chi connectivity index (χ4n) is 4.61. The van der Waals surface area contributed by atoms with Crippen molar-refractivity contribution in [2.24, 2.45) is 10.1 Å². The van der Waals surface area contributed by atoms with Gasteiger partial charge in [0.2, 0.25) is 11.1 Å². The molecule has 180 valence electrons. The Morgan fingerprint density at radius 1 is 1.23 bits per heavy atom. The number of amides is 2. The van der Waals surface area contributed by atoms with Crippen LogP contribution in [0, 0.1) is 26.2 Å². The van der Waals surface area contributed by atoms with Crippen LogP contribution in [0.4, 0.5) is 0 Å². The lowest BCUT2D eigenvalue weighted by atomic mass is 10.1. The van der Waals surface area contributed by atoms with Crippen LogP contribution in [0.2, 0.25) is 5.02 Å². The number of aromatic nitrogens is 1. The van der Waals surface area contributed by atoms with Crippen LogP contribution in [-0.2, 0) is 9.59 Å². The molecule has 35 heavy (non-hydrogen) atoms. The van der Waals surface area contributed by atoms with Crippen molar-refractivity contribution in [2.75, 3.05) is 13.1 Å². The van der Waals surface area contributed by atoms with Gasteiger partial charge in [0.15, 0.2) is 5.84 Å². The van der Waals surface area contributed by atoms with Gasteiger partial charge in [0.25, 0.3) is 5.91 Å². The SMILES string of the molecule is Cc1c(Cl)cccc1-n1c(C)cc(/C=C2\C(=N)N3N=C(CC(=O)N4CCCC4)SC3=NC2=O)c1C. The second-order valence-electron chi connectivity index (χ2n) is 8.82. The minimum absolute atomic E-state index is 0.0200. The van der Waals surface area contributed by atoms with Gasteiger partial charge in [-0.05, 0) is 80.8 Å². The topological polar surface area (TPSA) is 94.1 Å². The number of amidine groups is 2. The van der Waals surface area contributed by atoms with E-state index in [0.29, 0.717) is 15.2 Å². The molecule has 0 bridgehead atoms. The number of halogens is 1. The number of hydrogen-bond donors (Lipinski definition) is 1. The number of benzene rings is 1. The number of aryl methyl sites for hydroxylation is 1. The minimum atomic E-state index is -0.486. The first kappa shape index (κ1) is 23.6. The fourth-order valence-corrected chi connectivity index (χ4v) is 5.65. The van der Waals surface area contributed by atoms with Crippen molar-refractivity contribution in [2.45, 2.75) is 40.0 Å². The van der Waals surface area contributed by atoms with Crippen LogP contribution >= 0.6 is 23.4 Å². The number of carbonyl (C=O) groups is 2. The van der Waals surface area contributed by atoms with Crippen molar-refractivity contribution < 1.29 is 9.59 Å². The van der Waals surface area contributed by atoms with E-state index in [4.69, 9.17) is 17.0 Å². The Kier molecular flexibility index (Phi) is 6.14. The number of hydrogen-bond acceptors (Lipinski definition) is 5. The predicted molar refractivity (Wildman–Crippen MR) is 140 cm³/mol. The number of nitrogens with zero attached hydrogens (tertiary/aromatic N) is 5. The van der Waals surface area contributed by atoms with Crippen LogP contribution in [0.3, 0.4) is 0 Å². The molecule has 1 fully saturated rings. The lowest BCUT2D eigenvalue weighted by molar-refractivity contribution is -0.128. The molecule has 1 saturated heterocycles. The Labute approximate surface area is 212 Å². The lowest BCUT2D eigenvalue weighted by Crippen LogP contribution is -2.35. The molecule has 0 atom stereocenters. The molecule has 3 aliphatic rings. The van der Waals surface area contributed by atoms with Gasteiger partial charge in [-0.25, -0.2) is 0 Å². The van der Waals surface area contributed by atoms with E-state index in [9.17, 15) is 9.59 Å². The number of nitrogens with one attached hydrogen (secondary N) is 1. The predicted octanol–water partition coefficient (Wildman–Crippen LogP) is 4.69. The summed E-state index contributed by atoms with van der Waals surface area (Å²) in [6.45, 7) is 7.48. The van der Waals surface area contributed by atoms with Crippen LogP contribution in [0.1, 0.15) is 41.8 Å². The smallest absolute Gasteiger partial charge is 0.283 e. The maximum Gasteiger partial charge on any atom is 0.283 e. The van der Waals surface area contributed by atoms with Gasteiger partial charge in [0.05, 0.1) is 12.0 Å². The third-order valence-electron chi connectivity index (χ3n) is 6.51. The highest BCUT2D eigenvalue weighted by Gasteiger charge is 2.36. The number of thioether (sulfide) groups is 1. The van der Waals surface area contributed by atoms with Gasteiger partial charge in [-0.1, -0.05) is 17.7 Å². The monoisotopic (exact) mass is 508 g/mol. The summed E-state index contributed by atoms with van der Waals surface area (Å²) >= 11 is 7.52. The molecule has 0 aliphatic carbocycles. The molecule has 2 aromatic rings.